The van der Waals surface area contributed by atoms with Crippen LogP contribution in [-0.4, -0.2) is 48.2 Å². The molecule has 1 amide bonds. The topological polar surface area (TPSA) is 68.8 Å². The molecule has 2 aromatic heterocycles. The third-order valence-corrected chi connectivity index (χ3v) is 5.56. The van der Waals surface area contributed by atoms with Crippen LogP contribution in [0.4, 0.5) is 0 Å². The highest BCUT2D eigenvalue weighted by Gasteiger charge is 2.29. The third kappa shape index (κ3) is 4.25. The number of hydrogen-bond acceptors (Lipinski definition) is 4. The van der Waals surface area contributed by atoms with E-state index in [2.05, 4.69) is 15.4 Å². The third-order valence-electron chi connectivity index (χ3n) is 5.19. The Labute approximate surface area is 168 Å². The van der Waals surface area contributed by atoms with Gasteiger partial charge in [-0.2, -0.15) is 5.10 Å². The first-order valence-electron chi connectivity index (χ1n) is 9.62. The molecule has 0 aliphatic carbocycles. The summed E-state index contributed by atoms with van der Waals surface area (Å²) < 4.78 is 3.58. The summed E-state index contributed by atoms with van der Waals surface area (Å²) in [6.45, 7) is 2.06. The molecule has 28 heavy (non-hydrogen) atoms. The van der Waals surface area contributed by atoms with Gasteiger partial charge >= 0.3 is 0 Å². The summed E-state index contributed by atoms with van der Waals surface area (Å²) >= 11 is 6.22. The van der Waals surface area contributed by atoms with Gasteiger partial charge in [-0.1, -0.05) is 35.0 Å². The lowest BCUT2D eigenvalue weighted by molar-refractivity contribution is 0.0587. The molecule has 0 spiro atoms. The number of hydrogen-bond donors (Lipinski definition) is 0. The molecule has 1 aromatic carbocycles. The molecule has 1 aliphatic heterocycles. The number of rotatable bonds is 6. The molecule has 1 atom stereocenters. The number of benzene rings is 1. The van der Waals surface area contributed by atoms with Crippen LogP contribution >= 0.6 is 11.6 Å². The molecule has 8 heteroatoms. The first-order chi connectivity index (χ1) is 13.7. The lowest BCUT2D eigenvalue weighted by Gasteiger charge is -2.35. The zero-order chi connectivity index (χ0) is 19.3. The smallest absolute Gasteiger partial charge is 0.276 e. The van der Waals surface area contributed by atoms with Gasteiger partial charge in [-0.25, -0.2) is 4.68 Å². The van der Waals surface area contributed by atoms with Crippen molar-refractivity contribution >= 4 is 17.5 Å². The predicted molar refractivity (Wildman–Crippen MR) is 106 cm³/mol. The van der Waals surface area contributed by atoms with Crippen LogP contribution in [0.1, 0.15) is 41.7 Å². The molecule has 0 radical (unpaired) electrons. The van der Waals surface area contributed by atoms with Crippen molar-refractivity contribution in [2.24, 2.45) is 0 Å². The van der Waals surface area contributed by atoms with Crippen molar-refractivity contribution in [3.63, 3.8) is 0 Å². The van der Waals surface area contributed by atoms with Crippen LogP contribution in [0.2, 0.25) is 5.02 Å². The zero-order valence-corrected chi connectivity index (χ0v) is 16.4. The average molecular weight is 399 g/mol. The van der Waals surface area contributed by atoms with Gasteiger partial charge in [0.1, 0.15) is 0 Å². The highest BCUT2D eigenvalue weighted by molar-refractivity contribution is 6.31. The van der Waals surface area contributed by atoms with Gasteiger partial charge in [0, 0.05) is 36.5 Å². The van der Waals surface area contributed by atoms with E-state index in [1.807, 2.05) is 46.1 Å². The Balaban J connectivity index is 1.43. The van der Waals surface area contributed by atoms with Crippen molar-refractivity contribution < 1.29 is 4.79 Å². The molecule has 7 nitrogen and oxygen atoms in total. The fourth-order valence-electron chi connectivity index (χ4n) is 3.70. The van der Waals surface area contributed by atoms with Crippen molar-refractivity contribution in [2.75, 3.05) is 6.54 Å². The Morgan fingerprint density at radius 1 is 1.18 bits per heavy atom. The Morgan fingerprint density at radius 2 is 2.07 bits per heavy atom. The Hall–Kier alpha value is -2.67. The maximum atomic E-state index is 13.1. The van der Waals surface area contributed by atoms with Gasteiger partial charge in [0.05, 0.1) is 12.7 Å². The Bertz CT molecular complexity index is 922. The van der Waals surface area contributed by atoms with E-state index in [0.717, 1.165) is 44.3 Å². The number of piperidine rings is 1. The van der Waals surface area contributed by atoms with E-state index < -0.39 is 0 Å². The summed E-state index contributed by atoms with van der Waals surface area (Å²) in [5, 5.41) is 13.2. The van der Waals surface area contributed by atoms with Crippen LogP contribution in [0.5, 0.6) is 0 Å². The van der Waals surface area contributed by atoms with Gasteiger partial charge in [-0.05, 0) is 43.4 Å². The molecule has 0 N–H and O–H groups in total. The summed E-state index contributed by atoms with van der Waals surface area (Å²) in [6, 6.07) is 9.74. The Morgan fingerprint density at radius 3 is 2.89 bits per heavy atom. The van der Waals surface area contributed by atoms with Crippen LogP contribution in [-0.2, 0) is 13.1 Å². The van der Waals surface area contributed by atoms with Gasteiger partial charge in [0.2, 0.25) is 0 Å². The van der Waals surface area contributed by atoms with Crippen molar-refractivity contribution in [1.82, 2.24) is 29.7 Å². The fraction of sp³-hybridized carbons (Fsp3) is 0.400. The second-order valence-corrected chi connectivity index (χ2v) is 7.51. The van der Waals surface area contributed by atoms with Crippen LogP contribution in [0.25, 0.3) is 0 Å². The summed E-state index contributed by atoms with van der Waals surface area (Å²) in [4.78, 5) is 15.0. The van der Waals surface area contributed by atoms with Crippen LogP contribution in [0, 0.1) is 0 Å². The van der Waals surface area contributed by atoms with Crippen molar-refractivity contribution in [1.29, 1.82) is 0 Å². The second kappa shape index (κ2) is 8.56. The number of halogens is 1. The molecule has 0 saturated carbocycles. The molecule has 146 valence electrons. The molecule has 3 heterocycles. The number of carbonyl (C=O) groups excluding carboxylic acids is 1. The van der Waals surface area contributed by atoms with Crippen LogP contribution in [0.3, 0.4) is 0 Å². The average Bonchev–Trinajstić information content (AvgIpc) is 3.40. The monoisotopic (exact) mass is 398 g/mol. The van der Waals surface area contributed by atoms with Gasteiger partial charge < -0.3 is 4.90 Å². The normalized spacial score (nSPS) is 17.0. The minimum atomic E-state index is -0.0458. The maximum absolute atomic E-state index is 13.1. The molecule has 1 unspecified atom stereocenters. The van der Waals surface area contributed by atoms with Gasteiger partial charge in [-0.3, -0.25) is 9.48 Å². The molecule has 0 bridgehead atoms. The number of carbonyl (C=O) groups is 1. The lowest BCUT2D eigenvalue weighted by atomic mass is 9.99. The van der Waals surface area contributed by atoms with E-state index in [0.29, 0.717) is 17.3 Å². The molecule has 1 aliphatic rings. The molecule has 4 rings (SSSR count). The molecular formula is C20H23ClN6O. The summed E-state index contributed by atoms with van der Waals surface area (Å²) in [5.74, 6) is -0.0458. The van der Waals surface area contributed by atoms with E-state index in [1.54, 1.807) is 17.1 Å². The van der Waals surface area contributed by atoms with E-state index in [9.17, 15) is 4.79 Å². The van der Waals surface area contributed by atoms with Crippen molar-refractivity contribution in [3.05, 3.63) is 65.2 Å². The largest absolute Gasteiger partial charge is 0.334 e. The minimum absolute atomic E-state index is 0.0458. The first kappa shape index (κ1) is 18.7. The van der Waals surface area contributed by atoms with Crippen molar-refractivity contribution in [3.8, 4) is 0 Å². The number of aromatic nitrogens is 5. The Kier molecular flexibility index (Phi) is 5.71. The maximum Gasteiger partial charge on any atom is 0.276 e. The summed E-state index contributed by atoms with van der Waals surface area (Å²) in [7, 11) is 0. The summed E-state index contributed by atoms with van der Waals surface area (Å²) in [6.07, 6.45) is 9.52. The molecular weight excluding hydrogens is 376 g/mol. The first-order valence-corrected chi connectivity index (χ1v) is 10.0. The van der Waals surface area contributed by atoms with E-state index in [4.69, 9.17) is 11.6 Å². The zero-order valence-electron chi connectivity index (χ0n) is 15.6. The number of aryl methyl sites for hydroxylation is 1. The van der Waals surface area contributed by atoms with E-state index >= 15 is 0 Å². The molecule has 1 saturated heterocycles. The van der Waals surface area contributed by atoms with E-state index in [1.165, 1.54) is 0 Å². The van der Waals surface area contributed by atoms with Gasteiger partial charge in [0.15, 0.2) is 5.69 Å². The second-order valence-electron chi connectivity index (χ2n) is 7.10. The van der Waals surface area contributed by atoms with Crippen molar-refractivity contribution in [2.45, 2.75) is 44.8 Å². The predicted octanol–water partition coefficient (Wildman–Crippen LogP) is 3.26. The number of amides is 1. The van der Waals surface area contributed by atoms with Crippen LogP contribution < -0.4 is 0 Å². The van der Waals surface area contributed by atoms with Gasteiger partial charge in [0.25, 0.3) is 5.91 Å². The van der Waals surface area contributed by atoms with Crippen LogP contribution in [0.15, 0.2) is 48.9 Å². The highest BCUT2D eigenvalue weighted by atomic mass is 35.5. The summed E-state index contributed by atoms with van der Waals surface area (Å²) in [5.41, 5.74) is 1.33. The number of likely N-dealkylation sites (tertiary alicyclic amines) is 1. The minimum Gasteiger partial charge on any atom is -0.334 e. The van der Waals surface area contributed by atoms with E-state index in [-0.39, 0.29) is 11.9 Å². The highest BCUT2D eigenvalue weighted by Crippen LogP contribution is 2.22. The molecule has 3 aromatic rings. The SMILES string of the molecule is O=C(c1cn(Cc2ccccc2Cl)nn1)N1CCCCC1CCn1cccn1. The lowest BCUT2D eigenvalue weighted by Crippen LogP contribution is -2.44. The van der Waals surface area contributed by atoms with Gasteiger partial charge in [-0.15, -0.1) is 5.10 Å². The quantitative estimate of drug-likeness (QED) is 0.639. The number of nitrogens with zero attached hydrogens (tertiary/aromatic N) is 6. The fourth-order valence-corrected chi connectivity index (χ4v) is 3.90. The molecule has 1 fully saturated rings. The standard InChI is InChI=1S/C20H23ClN6O/c21-18-8-2-1-6-16(18)14-26-15-19(23-24-26)20(28)27-12-4-3-7-17(27)9-13-25-11-5-10-22-25/h1-2,5-6,8,10-11,15,17H,3-4,7,9,12-14H2.